The van der Waals surface area contributed by atoms with Crippen LogP contribution in [0.4, 0.5) is 5.69 Å². The van der Waals surface area contributed by atoms with Gasteiger partial charge >= 0.3 is 0 Å². The van der Waals surface area contributed by atoms with Crippen molar-refractivity contribution in [2.75, 3.05) is 5.01 Å². The first kappa shape index (κ1) is 19.8. The highest BCUT2D eigenvalue weighted by Gasteiger charge is 2.29. The Hall–Kier alpha value is -2.97. The SMILES string of the molecule is CC1=NN(c2ccc(S(N)(=O)=O)cc2)C(=O)/C1=C\c1ccccc1OC(C)C. The van der Waals surface area contributed by atoms with Crippen molar-refractivity contribution >= 4 is 33.4 Å². The molecular formula is C20H21N3O4S. The van der Waals surface area contributed by atoms with Crippen LogP contribution in [0.2, 0.25) is 0 Å². The van der Waals surface area contributed by atoms with Crippen LogP contribution in [0.15, 0.2) is 64.1 Å². The molecule has 0 atom stereocenters. The number of ether oxygens (including phenoxy) is 1. The van der Waals surface area contributed by atoms with Crippen LogP contribution in [0.1, 0.15) is 26.3 Å². The van der Waals surface area contributed by atoms with E-state index in [2.05, 4.69) is 5.10 Å². The van der Waals surface area contributed by atoms with E-state index < -0.39 is 10.0 Å². The normalized spacial score (nSPS) is 16.0. The third-order valence-corrected chi connectivity index (χ3v) is 4.98. The number of carbonyl (C=O) groups excluding carboxylic acids is 1. The lowest BCUT2D eigenvalue weighted by Gasteiger charge is -2.13. The molecule has 0 bridgehead atoms. The number of primary sulfonamides is 1. The molecule has 2 aromatic carbocycles. The van der Waals surface area contributed by atoms with Crippen LogP contribution >= 0.6 is 0 Å². The molecule has 0 radical (unpaired) electrons. The first-order valence-electron chi connectivity index (χ1n) is 8.67. The van der Waals surface area contributed by atoms with E-state index in [1.165, 1.54) is 29.3 Å². The molecule has 146 valence electrons. The Bertz CT molecular complexity index is 1070. The van der Waals surface area contributed by atoms with Crippen molar-refractivity contribution in [2.45, 2.75) is 31.8 Å². The van der Waals surface area contributed by atoms with Gasteiger partial charge in [0, 0.05) is 5.56 Å². The number of carbonyl (C=O) groups is 1. The molecular weight excluding hydrogens is 378 g/mol. The summed E-state index contributed by atoms with van der Waals surface area (Å²) in [6.07, 6.45) is 1.75. The lowest BCUT2D eigenvalue weighted by Crippen LogP contribution is -2.21. The van der Waals surface area contributed by atoms with E-state index in [-0.39, 0.29) is 16.9 Å². The molecule has 28 heavy (non-hydrogen) atoms. The zero-order valence-electron chi connectivity index (χ0n) is 15.8. The van der Waals surface area contributed by atoms with Gasteiger partial charge in [0.1, 0.15) is 5.75 Å². The highest BCUT2D eigenvalue weighted by molar-refractivity contribution is 7.89. The summed E-state index contributed by atoms with van der Waals surface area (Å²) in [5.74, 6) is 0.377. The topological polar surface area (TPSA) is 102 Å². The molecule has 1 aliphatic rings. The summed E-state index contributed by atoms with van der Waals surface area (Å²) in [7, 11) is -3.80. The van der Waals surface area contributed by atoms with Crippen molar-refractivity contribution < 1.29 is 17.9 Å². The van der Waals surface area contributed by atoms with E-state index in [1.54, 1.807) is 13.0 Å². The molecule has 0 unspecified atom stereocenters. The van der Waals surface area contributed by atoms with Gasteiger partial charge in [-0.3, -0.25) is 4.79 Å². The van der Waals surface area contributed by atoms with Gasteiger partial charge < -0.3 is 4.74 Å². The summed E-state index contributed by atoms with van der Waals surface area (Å²) in [6, 6.07) is 13.1. The Kier molecular flexibility index (Phi) is 5.35. The largest absolute Gasteiger partial charge is 0.490 e. The molecule has 0 aliphatic carbocycles. The fraction of sp³-hybridized carbons (Fsp3) is 0.200. The van der Waals surface area contributed by atoms with Gasteiger partial charge in [-0.05, 0) is 57.2 Å². The Balaban J connectivity index is 1.93. The Morgan fingerprint density at radius 3 is 2.36 bits per heavy atom. The number of hydrogen-bond donors (Lipinski definition) is 1. The van der Waals surface area contributed by atoms with Crippen molar-refractivity contribution in [3.63, 3.8) is 0 Å². The van der Waals surface area contributed by atoms with Crippen LogP contribution in [0.3, 0.4) is 0 Å². The van der Waals surface area contributed by atoms with Crippen molar-refractivity contribution in [3.8, 4) is 5.75 Å². The third-order valence-electron chi connectivity index (χ3n) is 4.05. The number of amides is 1. The second-order valence-electron chi connectivity index (χ2n) is 6.60. The molecule has 0 fully saturated rings. The maximum Gasteiger partial charge on any atom is 0.280 e. The van der Waals surface area contributed by atoms with Crippen molar-refractivity contribution in [1.29, 1.82) is 0 Å². The van der Waals surface area contributed by atoms with Gasteiger partial charge in [0.05, 0.1) is 28.0 Å². The lowest BCUT2D eigenvalue weighted by atomic mass is 10.1. The Morgan fingerprint density at radius 1 is 1.11 bits per heavy atom. The van der Waals surface area contributed by atoms with Gasteiger partial charge in [0.15, 0.2) is 0 Å². The van der Waals surface area contributed by atoms with Crippen LogP contribution in [-0.4, -0.2) is 26.1 Å². The number of nitrogens with zero attached hydrogens (tertiary/aromatic N) is 2. The molecule has 2 N–H and O–H groups in total. The van der Waals surface area contributed by atoms with Crippen LogP contribution < -0.4 is 14.9 Å². The molecule has 7 nitrogen and oxygen atoms in total. The minimum atomic E-state index is -3.80. The smallest absolute Gasteiger partial charge is 0.280 e. The number of sulfonamides is 1. The number of anilines is 1. The molecule has 0 saturated carbocycles. The summed E-state index contributed by atoms with van der Waals surface area (Å²) in [5.41, 5.74) is 2.22. The van der Waals surface area contributed by atoms with Gasteiger partial charge in [0.25, 0.3) is 5.91 Å². The monoisotopic (exact) mass is 399 g/mol. The Morgan fingerprint density at radius 2 is 1.75 bits per heavy atom. The van der Waals surface area contributed by atoms with Crippen LogP contribution in [-0.2, 0) is 14.8 Å². The van der Waals surface area contributed by atoms with Gasteiger partial charge in [-0.25, -0.2) is 13.6 Å². The number of para-hydroxylation sites is 1. The second kappa shape index (κ2) is 7.57. The molecule has 2 aromatic rings. The summed E-state index contributed by atoms with van der Waals surface area (Å²) in [4.78, 5) is 12.9. The lowest BCUT2D eigenvalue weighted by molar-refractivity contribution is -0.114. The molecule has 1 aliphatic heterocycles. The van der Waals surface area contributed by atoms with E-state index in [4.69, 9.17) is 9.88 Å². The molecule has 0 spiro atoms. The maximum absolute atomic E-state index is 12.9. The molecule has 0 saturated heterocycles. The molecule has 3 rings (SSSR count). The third kappa shape index (κ3) is 4.13. The standard InChI is InChI=1S/C20H21N3O4S/c1-13(2)27-19-7-5-4-6-15(19)12-18-14(3)22-23(20(18)24)16-8-10-17(11-9-16)28(21,25)26/h4-13H,1-3H3,(H2,21,25,26)/b18-12-. The number of benzene rings is 2. The van der Waals surface area contributed by atoms with E-state index >= 15 is 0 Å². The zero-order valence-corrected chi connectivity index (χ0v) is 16.6. The molecule has 1 heterocycles. The van der Waals surface area contributed by atoms with E-state index in [0.717, 1.165) is 5.56 Å². The predicted molar refractivity (Wildman–Crippen MR) is 109 cm³/mol. The van der Waals surface area contributed by atoms with Crippen molar-refractivity contribution in [3.05, 3.63) is 59.7 Å². The van der Waals surface area contributed by atoms with Crippen LogP contribution in [0.5, 0.6) is 5.75 Å². The number of nitrogens with two attached hydrogens (primary N) is 1. The first-order chi connectivity index (χ1) is 13.2. The summed E-state index contributed by atoms with van der Waals surface area (Å²) in [6.45, 7) is 5.61. The number of hydrazone groups is 1. The van der Waals surface area contributed by atoms with E-state index in [1.807, 2.05) is 38.1 Å². The highest BCUT2D eigenvalue weighted by Crippen LogP contribution is 2.28. The van der Waals surface area contributed by atoms with Gasteiger partial charge in [-0.2, -0.15) is 10.1 Å². The quantitative estimate of drug-likeness (QED) is 0.781. The number of hydrogen-bond acceptors (Lipinski definition) is 5. The molecule has 1 amide bonds. The van der Waals surface area contributed by atoms with Crippen LogP contribution in [0, 0.1) is 0 Å². The first-order valence-corrected chi connectivity index (χ1v) is 10.2. The summed E-state index contributed by atoms with van der Waals surface area (Å²) >= 11 is 0. The maximum atomic E-state index is 12.9. The van der Waals surface area contributed by atoms with Gasteiger partial charge in [-0.1, -0.05) is 18.2 Å². The fourth-order valence-corrected chi connectivity index (χ4v) is 3.27. The predicted octanol–water partition coefficient (Wildman–Crippen LogP) is 2.93. The van der Waals surface area contributed by atoms with E-state index in [9.17, 15) is 13.2 Å². The Labute approximate surface area is 164 Å². The summed E-state index contributed by atoms with van der Waals surface area (Å²) < 4.78 is 28.6. The minimum absolute atomic E-state index is 0.00225. The van der Waals surface area contributed by atoms with E-state index in [0.29, 0.717) is 22.7 Å². The van der Waals surface area contributed by atoms with Crippen molar-refractivity contribution in [1.82, 2.24) is 0 Å². The zero-order chi connectivity index (χ0) is 20.5. The number of rotatable bonds is 5. The fourth-order valence-electron chi connectivity index (χ4n) is 2.75. The van der Waals surface area contributed by atoms with Crippen LogP contribution in [0.25, 0.3) is 6.08 Å². The minimum Gasteiger partial charge on any atom is -0.490 e. The molecule has 0 aromatic heterocycles. The van der Waals surface area contributed by atoms with Crippen molar-refractivity contribution in [2.24, 2.45) is 10.2 Å². The van der Waals surface area contributed by atoms with Gasteiger partial charge in [0.2, 0.25) is 10.0 Å². The second-order valence-corrected chi connectivity index (χ2v) is 8.17. The summed E-state index contributed by atoms with van der Waals surface area (Å²) in [5, 5.41) is 10.7. The highest BCUT2D eigenvalue weighted by atomic mass is 32.2. The average Bonchev–Trinajstić information content (AvgIpc) is 2.90. The van der Waals surface area contributed by atoms with Gasteiger partial charge in [-0.15, -0.1) is 0 Å². The molecule has 8 heteroatoms. The average molecular weight is 399 g/mol.